The van der Waals surface area contributed by atoms with Crippen molar-refractivity contribution in [3.8, 4) is 0 Å². The number of hydrogen-bond acceptors (Lipinski definition) is 4. The lowest BCUT2D eigenvalue weighted by atomic mass is 10.0. The predicted octanol–water partition coefficient (Wildman–Crippen LogP) is 5.53. The van der Waals surface area contributed by atoms with Crippen molar-refractivity contribution in [1.82, 2.24) is 0 Å². The molecule has 2 aromatic carbocycles. The van der Waals surface area contributed by atoms with E-state index in [-0.39, 0.29) is 5.78 Å². The number of Topliss-reactive ketones (excluding diaryl/α,β-unsaturated/α-hetero) is 1. The Morgan fingerprint density at radius 3 is 2.32 bits per heavy atom. The van der Waals surface area contributed by atoms with Crippen molar-refractivity contribution in [2.24, 2.45) is 0 Å². The van der Waals surface area contributed by atoms with E-state index in [4.69, 9.17) is 4.74 Å². The van der Waals surface area contributed by atoms with E-state index >= 15 is 0 Å². The maximum Gasteiger partial charge on any atom is 0.293 e. The predicted molar refractivity (Wildman–Crippen MR) is 101 cm³/mol. The molecule has 0 N–H and O–H groups in total. The van der Waals surface area contributed by atoms with Crippen molar-refractivity contribution in [1.29, 1.82) is 0 Å². The molecule has 0 aliphatic carbocycles. The molecular formula is C21H24O3S. The number of ether oxygens (including phenoxy) is 1. The van der Waals surface area contributed by atoms with E-state index in [1.807, 2.05) is 42.5 Å². The molecule has 0 aliphatic heterocycles. The van der Waals surface area contributed by atoms with E-state index in [2.05, 4.69) is 6.92 Å². The summed E-state index contributed by atoms with van der Waals surface area (Å²) in [7, 11) is 0. The molecular weight excluding hydrogens is 332 g/mol. The normalized spacial score (nSPS) is 11.7. The van der Waals surface area contributed by atoms with Gasteiger partial charge in [0.1, 0.15) is 0 Å². The van der Waals surface area contributed by atoms with Crippen LogP contribution in [-0.4, -0.2) is 18.4 Å². The highest BCUT2D eigenvalue weighted by molar-refractivity contribution is 7.99. The highest BCUT2D eigenvalue weighted by Crippen LogP contribution is 2.27. The van der Waals surface area contributed by atoms with Crippen LogP contribution >= 0.6 is 11.8 Å². The van der Waals surface area contributed by atoms with Gasteiger partial charge in [-0.1, -0.05) is 68.3 Å². The topological polar surface area (TPSA) is 43.4 Å². The SMILES string of the molecule is CCCCCCC(OC=O)C(=O)c1ccc(Sc2ccccc2)cc1. The zero-order chi connectivity index (χ0) is 17.9. The summed E-state index contributed by atoms with van der Waals surface area (Å²) < 4.78 is 5.03. The van der Waals surface area contributed by atoms with Crippen molar-refractivity contribution in [2.45, 2.75) is 54.9 Å². The Morgan fingerprint density at radius 1 is 1.00 bits per heavy atom. The molecule has 0 fully saturated rings. The quantitative estimate of drug-likeness (QED) is 0.301. The summed E-state index contributed by atoms with van der Waals surface area (Å²) in [5.41, 5.74) is 0.583. The van der Waals surface area contributed by atoms with Gasteiger partial charge in [0.2, 0.25) is 5.78 Å². The third kappa shape index (κ3) is 6.39. The maximum absolute atomic E-state index is 12.6. The molecule has 0 aromatic heterocycles. The standard InChI is InChI=1S/C21H24O3S/c1-2-3-4-8-11-20(24-16-22)21(23)17-12-14-19(15-13-17)25-18-9-6-5-7-10-18/h5-7,9-10,12-16,20H,2-4,8,11H2,1H3. The van der Waals surface area contributed by atoms with Crippen LogP contribution in [0.15, 0.2) is 64.4 Å². The monoisotopic (exact) mass is 356 g/mol. The van der Waals surface area contributed by atoms with E-state index in [1.165, 1.54) is 0 Å². The zero-order valence-corrected chi connectivity index (χ0v) is 15.3. The Kier molecular flexibility index (Phi) is 8.26. The van der Waals surface area contributed by atoms with Crippen molar-refractivity contribution in [3.63, 3.8) is 0 Å². The van der Waals surface area contributed by atoms with E-state index in [0.29, 0.717) is 18.5 Å². The summed E-state index contributed by atoms with van der Waals surface area (Å²) in [5, 5.41) is 0. The van der Waals surface area contributed by atoms with Gasteiger partial charge in [0.15, 0.2) is 6.10 Å². The molecule has 0 saturated carbocycles. The lowest BCUT2D eigenvalue weighted by molar-refractivity contribution is -0.132. The summed E-state index contributed by atoms with van der Waals surface area (Å²) in [4.78, 5) is 25.5. The van der Waals surface area contributed by atoms with Gasteiger partial charge in [-0.2, -0.15) is 0 Å². The number of hydrogen-bond donors (Lipinski definition) is 0. The van der Waals surface area contributed by atoms with Crippen LogP contribution in [0.5, 0.6) is 0 Å². The second kappa shape index (κ2) is 10.7. The smallest absolute Gasteiger partial charge is 0.293 e. The summed E-state index contributed by atoms with van der Waals surface area (Å²) in [5.74, 6) is -0.125. The molecule has 0 aliphatic rings. The Bertz CT molecular complexity index is 653. The number of rotatable bonds is 11. The van der Waals surface area contributed by atoms with Gasteiger partial charge in [-0.25, -0.2) is 0 Å². The zero-order valence-electron chi connectivity index (χ0n) is 14.5. The fraction of sp³-hybridized carbons (Fsp3) is 0.333. The van der Waals surface area contributed by atoms with E-state index < -0.39 is 6.10 Å². The molecule has 1 atom stereocenters. The van der Waals surface area contributed by atoms with Gasteiger partial charge in [0, 0.05) is 15.4 Å². The largest absolute Gasteiger partial charge is 0.456 e. The lowest BCUT2D eigenvalue weighted by Crippen LogP contribution is -2.24. The van der Waals surface area contributed by atoms with E-state index in [1.54, 1.807) is 23.9 Å². The fourth-order valence-electron chi connectivity index (χ4n) is 2.58. The van der Waals surface area contributed by atoms with Crippen molar-refractivity contribution in [2.75, 3.05) is 0 Å². The maximum atomic E-state index is 12.6. The molecule has 0 bridgehead atoms. The summed E-state index contributed by atoms with van der Waals surface area (Å²) >= 11 is 1.65. The second-order valence-corrected chi connectivity index (χ2v) is 7.02. The summed E-state index contributed by atoms with van der Waals surface area (Å²) in [6, 6.07) is 17.6. The van der Waals surface area contributed by atoms with Gasteiger partial charge in [-0.3, -0.25) is 9.59 Å². The first-order valence-electron chi connectivity index (χ1n) is 8.71. The molecule has 25 heavy (non-hydrogen) atoms. The van der Waals surface area contributed by atoms with Gasteiger partial charge in [-0.05, 0) is 37.1 Å². The lowest BCUT2D eigenvalue weighted by Gasteiger charge is -2.14. The molecule has 2 aromatic rings. The number of ketones is 1. The van der Waals surface area contributed by atoms with Crippen LogP contribution in [0.1, 0.15) is 49.4 Å². The van der Waals surface area contributed by atoms with Crippen LogP contribution < -0.4 is 0 Å². The van der Waals surface area contributed by atoms with Crippen LogP contribution in [0.4, 0.5) is 0 Å². The fourth-order valence-corrected chi connectivity index (χ4v) is 3.42. The van der Waals surface area contributed by atoms with Gasteiger partial charge in [0.05, 0.1) is 0 Å². The Hall–Kier alpha value is -2.07. The van der Waals surface area contributed by atoms with Crippen molar-refractivity contribution in [3.05, 3.63) is 60.2 Å². The van der Waals surface area contributed by atoms with Gasteiger partial charge < -0.3 is 4.74 Å². The van der Waals surface area contributed by atoms with Crippen molar-refractivity contribution >= 4 is 24.0 Å². The number of carbonyl (C=O) groups excluding carboxylic acids is 2. The first-order chi connectivity index (χ1) is 12.2. The molecule has 4 heteroatoms. The minimum atomic E-state index is -0.679. The molecule has 2 rings (SSSR count). The Morgan fingerprint density at radius 2 is 1.68 bits per heavy atom. The third-order valence-electron chi connectivity index (χ3n) is 3.95. The number of benzene rings is 2. The van der Waals surface area contributed by atoms with Crippen LogP contribution in [0.2, 0.25) is 0 Å². The summed E-state index contributed by atoms with van der Waals surface area (Å²) in [6.07, 6.45) is 4.11. The average Bonchev–Trinajstić information content (AvgIpc) is 2.65. The number of carbonyl (C=O) groups is 2. The molecule has 132 valence electrons. The highest BCUT2D eigenvalue weighted by Gasteiger charge is 2.21. The molecule has 3 nitrogen and oxygen atoms in total. The Balaban J connectivity index is 1.98. The molecule has 0 spiro atoms. The van der Waals surface area contributed by atoms with Gasteiger partial charge in [0.25, 0.3) is 6.47 Å². The molecule has 0 radical (unpaired) electrons. The molecule has 0 amide bonds. The minimum absolute atomic E-state index is 0.125. The van der Waals surface area contributed by atoms with Crippen LogP contribution in [0, 0.1) is 0 Å². The summed E-state index contributed by atoms with van der Waals surface area (Å²) in [6.45, 7) is 2.52. The first kappa shape index (κ1) is 19.3. The average molecular weight is 356 g/mol. The molecule has 0 heterocycles. The van der Waals surface area contributed by atoms with E-state index in [0.717, 1.165) is 35.5 Å². The van der Waals surface area contributed by atoms with E-state index in [9.17, 15) is 9.59 Å². The Labute approximate surface area is 153 Å². The van der Waals surface area contributed by atoms with Gasteiger partial charge in [-0.15, -0.1) is 0 Å². The van der Waals surface area contributed by atoms with Crippen LogP contribution in [0.3, 0.4) is 0 Å². The van der Waals surface area contributed by atoms with Crippen LogP contribution in [0.25, 0.3) is 0 Å². The minimum Gasteiger partial charge on any atom is -0.456 e. The number of unbranched alkanes of at least 4 members (excludes halogenated alkanes) is 3. The first-order valence-corrected chi connectivity index (χ1v) is 9.52. The van der Waals surface area contributed by atoms with Gasteiger partial charge >= 0.3 is 0 Å². The molecule has 1 unspecified atom stereocenters. The third-order valence-corrected chi connectivity index (χ3v) is 4.97. The van der Waals surface area contributed by atoms with Crippen molar-refractivity contribution < 1.29 is 14.3 Å². The molecule has 0 saturated heterocycles. The second-order valence-electron chi connectivity index (χ2n) is 5.87. The van der Waals surface area contributed by atoms with Crippen LogP contribution in [-0.2, 0) is 9.53 Å². The highest BCUT2D eigenvalue weighted by atomic mass is 32.2.